The van der Waals surface area contributed by atoms with Gasteiger partial charge in [0.1, 0.15) is 0 Å². The molecular weight excluding hydrogens is 328 g/mol. The quantitative estimate of drug-likeness (QED) is 0.820. The summed E-state index contributed by atoms with van der Waals surface area (Å²) in [5, 5.41) is 3.01. The van der Waals surface area contributed by atoms with Gasteiger partial charge in [-0.05, 0) is 50.1 Å². The highest BCUT2D eigenvalue weighted by Crippen LogP contribution is 2.22. The van der Waals surface area contributed by atoms with Gasteiger partial charge in [-0.2, -0.15) is 0 Å². The normalized spacial score (nSPS) is 12.0. The van der Waals surface area contributed by atoms with Gasteiger partial charge in [-0.15, -0.1) is 0 Å². The van der Waals surface area contributed by atoms with E-state index in [2.05, 4.69) is 39.4 Å². The monoisotopic (exact) mass is 346 g/mol. The lowest BCUT2D eigenvalue weighted by atomic mass is 9.99. The molecule has 2 rings (SSSR count). The number of nitrogens with two attached hydrogens (primary N) is 1. The first-order chi connectivity index (χ1) is 9.88. The first-order valence-corrected chi connectivity index (χ1v) is 7.61. The Bertz CT molecular complexity index is 682. The van der Waals surface area contributed by atoms with E-state index in [4.69, 9.17) is 5.73 Å². The second-order valence-corrected chi connectivity index (χ2v) is 6.20. The molecule has 21 heavy (non-hydrogen) atoms. The van der Waals surface area contributed by atoms with Gasteiger partial charge in [0.05, 0.1) is 11.6 Å². The van der Waals surface area contributed by atoms with E-state index >= 15 is 0 Å². The average molecular weight is 347 g/mol. The molecule has 3 N–H and O–H groups in total. The van der Waals surface area contributed by atoms with Crippen LogP contribution < -0.4 is 11.1 Å². The predicted octanol–water partition coefficient (Wildman–Crippen LogP) is 4.14. The van der Waals surface area contributed by atoms with Gasteiger partial charge in [0.15, 0.2) is 0 Å². The van der Waals surface area contributed by atoms with Gasteiger partial charge in [-0.3, -0.25) is 4.79 Å². The number of amides is 1. The van der Waals surface area contributed by atoms with Crippen LogP contribution in [0.5, 0.6) is 0 Å². The fraction of sp³-hybridized carbons (Fsp3) is 0.235. The number of benzene rings is 2. The van der Waals surface area contributed by atoms with Crippen molar-refractivity contribution in [2.24, 2.45) is 0 Å². The molecule has 1 atom stereocenters. The molecule has 0 fully saturated rings. The third-order valence-corrected chi connectivity index (χ3v) is 4.00. The molecule has 2 aromatic rings. The first kappa shape index (κ1) is 15.6. The largest absolute Gasteiger partial charge is 0.398 e. The first-order valence-electron chi connectivity index (χ1n) is 6.81. The van der Waals surface area contributed by atoms with Gasteiger partial charge >= 0.3 is 0 Å². The topological polar surface area (TPSA) is 55.1 Å². The summed E-state index contributed by atoms with van der Waals surface area (Å²) in [4.78, 5) is 12.4. The lowest BCUT2D eigenvalue weighted by molar-refractivity contribution is 0.0940. The Labute approximate surface area is 133 Å². The highest BCUT2D eigenvalue weighted by molar-refractivity contribution is 9.10. The van der Waals surface area contributed by atoms with Gasteiger partial charge in [0.2, 0.25) is 0 Å². The molecule has 0 aliphatic rings. The standard InChI is InChI=1S/C17H19BrN2O/c1-10-4-5-11(2)14(8-10)12(3)20-17(21)15-9-13(18)6-7-16(15)19/h4-9,12H,19H2,1-3H3,(H,20,21). The van der Waals surface area contributed by atoms with Crippen molar-refractivity contribution in [1.29, 1.82) is 0 Å². The van der Waals surface area contributed by atoms with Crippen LogP contribution in [0.4, 0.5) is 5.69 Å². The zero-order valence-electron chi connectivity index (χ0n) is 12.4. The second kappa shape index (κ2) is 6.31. The Morgan fingerprint density at radius 2 is 1.90 bits per heavy atom. The second-order valence-electron chi connectivity index (χ2n) is 5.29. The van der Waals surface area contributed by atoms with Crippen molar-refractivity contribution in [3.05, 3.63) is 63.1 Å². The minimum Gasteiger partial charge on any atom is -0.398 e. The van der Waals surface area contributed by atoms with Gasteiger partial charge < -0.3 is 11.1 Å². The van der Waals surface area contributed by atoms with Crippen LogP contribution in [0.25, 0.3) is 0 Å². The SMILES string of the molecule is Cc1ccc(C)c(C(C)NC(=O)c2cc(Br)ccc2N)c1. The van der Waals surface area contributed by atoms with E-state index < -0.39 is 0 Å². The number of halogens is 1. The molecule has 0 bridgehead atoms. The molecule has 3 nitrogen and oxygen atoms in total. The Hall–Kier alpha value is -1.81. The molecule has 4 heteroatoms. The van der Waals surface area contributed by atoms with Gasteiger partial charge in [-0.25, -0.2) is 0 Å². The fourth-order valence-electron chi connectivity index (χ4n) is 2.30. The van der Waals surface area contributed by atoms with E-state index in [1.54, 1.807) is 12.1 Å². The number of nitrogen functional groups attached to an aromatic ring is 1. The highest BCUT2D eigenvalue weighted by atomic mass is 79.9. The summed E-state index contributed by atoms with van der Waals surface area (Å²) in [5.41, 5.74) is 10.3. The molecule has 0 radical (unpaired) electrons. The average Bonchev–Trinajstić information content (AvgIpc) is 2.43. The number of hydrogen-bond acceptors (Lipinski definition) is 2. The number of aryl methyl sites for hydroxylation is 2. The van der Waals surface area contributed by atoms with E-state index in [9.17, 15) is 4.79 Å². The van der Waals surface area contributed by atoms with Crippen LogP contribution in [0, 0.1) is 13.8 Å². The minimum atomic E-state index is -0.165. The predicted molar refractivity (Wildman–Crippen MR) is 90.4 cm³/mol. The van der Waals surface area contributed by atoms with Gasteiger partial charge in [0.25, 0.3) is 5.91 Å². The molecule has 0 saturated heterocycles. The summed E-state index contributed by atoms with van der Waals surface area (Å²) >= 11 is 3.36. The Morgan fingerprint density at radius 3 is 2.62 bits per heavy atom. The number of rotatable bonds is 3. The molecule has 0 spiro atoms. The van der Waals surface area contributed by atoms with Crippen molar-refractivity contribution < 1.29 is 4.79 Å². The van der Waals surface area contributed by atoms with E-state index in [0.717, 1.165) is 15.6 Å². The van der Waals surface area contributed by atoms with Crippen molar-refractivity contribution in [3.63, 3.8) is 0 Å². The molecule has 0 aliphatic carbocycles. The Kier molecular flexibility index (Phi) is 4.68. The number of anilines is 1. The third kappa shape index (κ3) is 3.64. The lowest BCUT2D eigenvalue weighted by Crippen LogP contribution is -2.27. The number of carbonyl (C=O) groups is 1. The maximum absolute atomic E-state index is 12.4. The zero-order chi connectivity index (χ0) is 15.6. The van der Waals surface area contributed by atoms with Gasteiger partial charge in [0, 0.05) is 10.2 Å². The van der Waals surface area contributed by atoms with Crippen LogP contribution in [0.2, 0.25) is 0 Å². The lowest BCUT2D eigenvalue weighted by Gasteiger charge is -2.18. The maximum Gasteiger partial charge on any atom is 0.253 e. The van der Waals surface area contributed by atoms with Crippen molar-refractivity contribution in [2.75, 3.05) is 5.73 Å². The van der Waals surface area contributed by atoms with E-state index in [-0.39, 0.29) is 11.9 Å². The van der Waals surface area contributed by atoms with Crippen LogP contribution >= 0.6 is 15.9 Å². The molecule has 1 unspecified atom stereocenters. The van der Waals surface area contributed by atoms with Crippen LogP contribution in [0.3, 0.4) is 0 Å². The van der Waals surface area contributed by atoms with Crippen LogP contribution in [0.15, 0.2) is 40.9 Å². The zero-order valence-corrected chi connectivity index (χ0v) is 14.0. The van der Waals surface area contributed by atoms with E-state index in [0.29, 0.717) is 11.3 Å². The van der Waals surface area contributed by atoms with E-state index in [1.807, 2.05) is 26.8 Å². The van der Waals surface area contributed by atoms with Crippen molar-refractivity contribution >= 4 is 27.5 Å². The Balaban J connectivity index is 2.23. The molecule has 1 amide bonds. The summed E-state index contributed by atoms with van der Waals surface area (Å²) in [6, 6.07) is 11.4. The fourth-order valence-corrected chi connectivity index (χ4v) is 2.66. The molecule has 0 aromatic heterocycles. The van der Waals surface area contributed by atoms with Crippen molar-refractivity contribution in [2.45, 2.75) is 26.8 Å². The number of carbonyl (C=O) groups excluding carboxylic acids is 1. The summed E-state index contributed by atoms with van der Waals surface area (Å²) in [6.07, 6.45) is 0. The molecule has 2 aromatic carbocycles. The van der Waals surface area contributed by atoms with Crippen LogP contribution in [-0.2, 0) is 0 Å². The Morgan fingerprint density at radius 1 is 1.19 bits per heavy atom. The molecule has 110 valence electrons. The molecular formula is C17H19BrN2O. The van der Waals surface area contributed by atoms with E-state index in [1.165, 1.54) is 5.56 Å². The summed E-state index contributed by atoms with van der Waals surface area (Å²) in [7, 11) is 0. The number of nitrogens with one attached hydrogen (secondary N) is 1. The molecule has 0 aliphatic heterocycles. The summed E-state index contributed by atoms with van der Waals surface area (Å²) in [6.45, 7) is 6.07. The summed E-state index contributed by atoms with van der Waals surface area (Å²) < 4.78 is 0.834. The van der Waals surface area contributed by atoms with Crippen molar-refractivity contribution in [3.8, 4) is 0 Å². The number of hydrogen-bond donors (Lipinski definition) is 2. The van der Waals surface area contributed by atoms with Crippen LogP contribution in [-0.4, -0.2) is 5.91 Å². The molecule has 0 saturated carbocycles. The molecule has 0 heterocycles. The van der Waals surface area contributed by atoms with Crippen molar-refractivity contribution in [1.82, 2.24) is 5.32 Å². The summed E-state index contributed by atoms with van der Waals surface area (Å²) in [5.74, 6) is -0.165. The minimum absolute atomic E-state index is 0.0734. The highest BCUT2D eigenvalue weighted by Gasteiger charge is 2.15. The van der Waals surface area contributed by atoms with Gasteiger partial charge in [-0.1, -0.05) is 39.7 Å². The maximum atomic E-state index is 12.4. The van der Waals surface area contributed by atoms with Crippen LogP contribution in [0.1, 0.15) is 40.0 Å². The third-order valence-electron chi connectivity index (χ3n) is 3.51. The smallest absolute Gasteiger partial charge is 0.253 e.